The molecule has 1 rings (SSSR count). The third-order valence-corrected chi connectivity index (χ3v) is 4.30. The molecule has 0 bridgehead atoms. The van der Waals surface area contributed by atoms with Gasteiger partial charge in [-0.1, -0.05) is 25.6 Å². The molecule has 0 unspecified atom stereocenters. The van der Waals surface area contributed by atoms with Gasteiger partial charge in [-0.05, 0) is 37.1 Å². The van der Waals surface area contributed by atoms with Crippen LogP contribution in [-0.2, 0) is 0 Å². The predicted octanol–water partition coefficient (Wildman–Crippen LogP) is 4.21. The molecular formula is C14H21F2NOS. The molecule has 0 fully saturated rings. The van der Waals surface area contributed by atoms with Gasteiger partial charge < -0.3 is 10.4 Å². The van der Waals surface area contributed by atoms with Crippen LogP contribution in [0.1, 0.15) is 26.7 Å². The van der Waals surface area contributed by atoms with Gasteiger partial charge in [-0.3, -0.25) is 0 Å². The maximum Gasteiger partial charge on any atom is 0.288 e. The topological polar surface area (TPSA) is 32.3 Å². The molecule has 0 saturated heterocycles. The number of anilines is 1. The molecule has 0 amide bonds. The second-order valence-electron chi connectivity index (χ2n) is 4.62. The second kappa shape index (κ2) is 7.70. The van der Waals surface area contributed by atoms with E-state index in [1.165, 1.54) is 0 Å². The molecule has 0 aliphatic carbocycles. The first kappa shape index (κ1) is 16.2. The summed E-state index contributed by atoms with van der Waals surface area (Å²) in [5, 5.41) is 12.7. The smallest absolute Gasteiger partial charge is 0.288 e. The van der Waals surface area contributed by atoms with Gasteiger partial charge in [-0.15, -0.1) is 0 Å². The van der Waals surface area contributed by atoms with E-state index in [0.29, 0.717) is 23.2 Å². The van der Waals surface area contributed by atoms with Crippen LogP contribution in [0.3, 0.4) is 0 Å². The van der Waals surface area contributed by atoms with Gasteiger partial charge in [0, 0.05) is 22.5 Å². The summed E-state index contributed by atoms with van der Waals surface area (Å²) in [5.74, 6) is -2.39. The van der Waals surface area contributed by atoms with E-state index in [4.69, 9.17) is 0 Å². The molecule has 2 N–H and O–H groups in total. The quantitative estimate of drug-likeness (QED) is 0.703. The van der Waals surface area contributed by atoms with Crippen molar-refractivity contribution < 1.29 is 13.9 Å². The molecule has 0 aromatic heterocycles. The van der Waals surface area contributed by atoms with Gasteiger partial charge in [-0.25, -0.2) is 0 Å². The summed E-state index contributed by atoms with van der Waals surface area (Å²) in [5.41, 5.74) is 0.773. The fraction of sp³-hybridized carbons (Fsp3) is 0.571. The van der Waals surface area contributed by atoms with E-state index < -0.39 is 5.76 Å². The number of thioether (sulfide) groups is 1. The van der Waals surface area contributed by atoms with Crippen molar-refractivity contribution in [3.8, 4) is 0 Å². The minimum Gasteiger partial charge on any atom is -0.396 e. The van der Waals surface area contributed by atoms with Crippen LogP contribution >= 0.6 is 11.8 Å². The van der Waals surface area contributed by atoms with Crippen molar-refractivity contribution in [2.45, 2.75) is 37.3 Å². The van der Waals surface area contributed by atoms with Crippen LogP contribution in [-0.4, -0.2) is 24.0 Å². The van der Waals surface area contributed by atoms with Crippen LogP contribution in [0.5, 0.6) is 0 Å². The molecule has 0 aliphatic heterocycles. The van der Waals surface area contributed by atoms with Crippen molar-refractivity contribution in [2.75, 3.05) is 18.5 Å². The second-order valence-corrected chi connectivity index (χ2v) is 5.69. The number of rotatable bonds is 8. The van der Waals surface area contributed by atoms with Gasteiger partial charge in [0.05, 0.1) is 6.61 Å². The molecule has 1 aromatic carbocycles. The Morgan fingerprint density at radius 1 is 1.21 bits per heavy atom. The summed E-state index contributed by atoms with van der Waals surface area (Å²) >= 11 is 0.543. The predicted molar refractivity (Wildman–Crippen MR) is 76.9 cm³/mol. The number of benzene rings is 1. The molecule has 0 spiro atoms. The first-order valence-corrected chi connectivity index (χ1v) is 7.33. The highest BCUT2D eigenvalue weighted by Gasteiger charge is 2.24. The minimum atomic E-state index is -2.39. The van der Waals surface area contributed by atoms with E-state index in [2.05, 4.69) is 19.2 Å². The molecule has 108 valence electrons. The third-order valence-electron chi connectivity index (χ3n) is 3.58. The zero-order chi connectivity index (χ0) is 14.3. The number of hydrogen-bond acceptors (Lipinski definition) is 3. The highest BCUT2D eigenvalue weighted by Crippen LogP contribution is 2.28. The number of aliphatic hydroxyl groups excluding tert-OH is 1. The first-order valence-electron chi connectivity index (χ1n) is 6.45. The molecule has 1 aromatic rings. The molecule has 19 heavy (non-hydrogen) atoms. The van der Waals surface area contributed by atoms with Crippen LogP contribution in [0.25, 0.3) is 0 Å². The van der Waals surface area contributed by atoms with E-state index in [1.807, 2.05) is 0 Å². The fourth-order valence-electron chi connectivity index (χ4n) is 1.82. The largest absolute Gasteiger partial charge is 0.396 e. The Bertz CT molecular complexity index is 358. The molecule has 0 atom stereocenters. The van der Waals surface area contributed by atoms with Gasteiger partial charge in [0.25, 0.3) is 5.76 Å². The Kier molecular flexibility index (Phi) is 6.58. The van der Waals surface area contributed by atoms with Crippen molar-refractivity contribution >= 4 is 17.4 Å². The van der Waals surface area contributed by atoms with Gasteiger partial charge >= 0.3 is 0 Å². The van der Waals surface area contributed by atoms with E-state index in [0.717, 1.165) is 18.5 Å². The van der Waals surface area contributed by atoms with Gasteiger partial charge in [0.2, 0.25) is 0 Å². The van der Waals surface area contributed by atoms with Crippen molar-refractivity contribution in [2.24, 2.45) is 5.41 Å². The van der Waals surface area contributed by atoms with E-state index >= 15 is 0 Å². The molecular weight excluding hydrogens is 268 g/mol. The summed E-state index contributed by atoms with van der Waals surface area (Å²) in [7, 11) is 0. The van der Waals surface area contributed by atoms with Crippen molar-refractivity contribution in [1.82, 2.24) is 0 Å². The molecule has 0 heterocycles. The maximum atomic E-state index is 12.2. The zero-order valence-corrected chi connectivity index (χ0v) is 12.1. The average molecular weight is 289 g/mol. The van der Waals surface area contributed by atoms with Crippen LogP contribution in [0.2, 0.25) is 0 Å². The lowest BCUT2D eigenvalue weighted by Gasteiger charge is -2.30. The summed E-state index contributed by atoms with van der Waals surface area (Å²) in [6, 6.07) is 6.94. The number of nitrogens with one attached hydrogen (secondary N) is 1. The number of hydrogen-bond donors (Lipinski definition) is 2. The van der Waals surface area contributed by atoms with Gasteiger partial charge in [0.15, 0.2) is 0 Å². The van der Waals surface area contributed by atoms with Crippen LogP contribution < -0.4 is 5.32 Å². The fourth-order valence-corrected chi connectivity index (χ4v) is 2.32. The van der Waals surface area contributed by atoms with Crippen molar-refractivity contribution in [1.29, 1.82) is 0 Å². The molecule has 0 radical (unpaired) electrons. The lowest BCUT2D eigenvalue weighted by Crippen LogP contribution is -2.32. The molecule has 0 saturated carbocycles. The van der Waals surface area contributed by atoms with Crippen LogP contribution in [0.4, 0.5) is 14.5 Å². The standard InChI is InChI=1S/C14H21F2NOS/c1-3-14(4-2,10-18)9-17-11-5-7-12(8-6-11)19-13(15)16/h5-8,13,17-18H,3-4,9-10H2,1-2H3. The minimum absolute atomic E-state index is 0.115. The van der Waals surface area contributed by atoms with Crippen molar-refractivity contribution in [3.05, 3.63) is 24.3 Å². The summed E-state index contributed by atoms with van der Waals surface area (Å²) < 4.78 is 24.4. The Hall–Kier alpha value is -0.810. The molecule has 0 aliphatic rings. The normalized spacial score (nSPS) is 11.9. The first-order chi connectivity index (χ1) is 9.05. The Morgan fingerprint density at radius 2 is 1.79 bits per heavy atom. The maximum absolute atomic E-state index is 12.2. The highest BCUT2D eigenvalue weighted by atomic mass is 32.2. The average Bonchev–Trinajstić information content (AvgIpc) is 2.42. The Balaban J connectivity index is 2.58. The number of alkyl halides is 2. The van der Waals surface area contributed by atoms with E-state index in [9.17, 15) is 13.9 Å². The van der Waals surface area contributed by atoms with E-state index in [1.54, 1.807) is 24.3 Å². The lowest BCUT2D eigenvalue weighted by atomic mass is 9.83. The van der Waals surface area contributed by atoms with Crippen LogP contribution in [0.15, 0.2) is 29.2 Å². The molecule has 2 nitrogen and oxygen atoms in total. The van der Waals surface area contributed by atoms with Gasteiger partial charge in [0.1, 0.15) is 0 Å². The lowest BCUT2D eigenvalue weighted by molar-refractivity contribution is 0.127. The summed E-state index contributed by atoms with van der Waals surface area (Å²) in [6.45, 7) is 4.94. The molecule has 5 heteroatoms. The number of aliphatic hydroxyl groups is 1. The van der Waals surface area contributed by atoms with Crippen molar-refractivity contribution in [3.63, 3.8) is 0 Å². The Labute approximate surface area is 117 Å². The van der Waals surface area contributed by atoms with E-state index in [-0.39, 0.29) is 12.0 Å². The monoisotopic (exact) mass is 289 g/mol. The summed E-state index contributed by atoms with van der Waals surface area (Å²) in [4.78, 5) is 0.556. The van der Waals surface area contributed by atoms with Crippen LogP contribution in [0, 0.1) is 5.41 Å². The SMILES string of the molecule is CCC(CC)(CO)CNc1ccc(SC(F)F)cc1. The van der Waals surface area contributed by atoms with Gasteiger partial charge in [-0.2, -0.15) is 8.78 Å². The Morgan fingerprint density at radius 3 is 2.21 bits per heavy atom. The highest BCUT2D eigenvalue weighted by molar-refractivity contribution is 7.99. The zero-order valence-electron chi connectivity index (χ0n) is 11.3. The summed E-state index contributed by atoms with van der Waals surface area (Å²) in [6.07, 6.45) is 1.79. The number of halogens is 2. The third kappa shape index (κ3) is 4.99.